The first kappa shape index (κ1) is 17.3. The van der Waals surface area contributed by atoms with E-state index < -0.39 is 0 Å². The first-order chi connectivity index (χ1) is 8.96. The molecule has 3 heteroatoms. The molecule has 116 valence electrons. The molecule has 1 aromatic heterocycles. The summed E-state index contributed by atoms with van der Waals surface area (Å²) in [5.41, 5.74) is 1.66. The van der Waals surface area contributed by atoms with E-state index in [0.717, 1.165) is 31.2 Å². The topological polar surface area (TPSA) is 28.4 Å². The minimum Gasteiger partial charge on any atom is -0.463 e. The summed E-state index contributed by atoms with van der Waals surface area (Å²) in [4.78, 5) is 2.32. The summed E-state index contributed by atoms with van der Waals surface area (Å²) in [6, 6.07) is 2.17. The maximum Gasteiger partial charge on any atom is 0.120 e. The predicted octanol–water partition coefficient (Wildman–Crippen LogP) is 3.95. The van der Waals surface area contributed by atoms with E-state index in [1.807, 2.05) is 0 Å². The summed E-state index contributed by atoms with van der Waals surface area (Å²) < 4.78 is 5.99. The zero-order valence-electron chi connectivity index (χ0n) is 14.6. The SMILES string of the molecule is Cc1cc(CN(C)CC(C)(C)C)oc1CNC(C)(C)C. The minimum atomic E-state index is 0.114. The van der Waals surface area contributed by atoms with Crippen LogP contribution in [0.15, 0.2) is 10.5 Å². The van der Waals surface area contributed by atoms with Gasteiger partial charge in [-0.1, -0.05) is 20.8 Å². The Kier molecular flexibility index (Phi) is 5.45. The fraction of sp³-hybridized carbons (Fsp3) is 0.765. The van der Waals surface area contributed by atoms with Crippen molar-refractivity contribution in [2.45, 2.75) is 67.1 Å². The molecular weight excluding hydrogens is 248 g/mol. The van der Waals surface area contributed by atoms with Gasteiger partial charge in [0.25, 0.3) is 0 Å². The van der Waals surface area contributed by atoms with Gasteiger partial charge in [-0.15, -0.1) is 0 Å². The van der Waals surface area contributed by atoms with Crippen molar-refractivity contribution in [2.24, 2.45) is 5.41 Å². The third-order valence-corrected chi connectivity index (χ3v) is 3.02. The van der Waals surface area contributed by atoms with Crippen LogP contribution in [0.25, 0.3) is 0 Å². The summed E-state index contributed by atoms with van der Waals surface area (Å²) in [7, 11) is 2.15. The van der Waals surface area contributed by atoms with Crippen LogP contribution in [-0.4, -0.2) is 24.0 Å². The molecule has 1 rings (SSSR count). The van der Waals surface area contributed by atoms with Crippen molar-refractivity contribution in [3.63, 3.8) is 0 Å². The summed E-state index contributed by atoms with van der Waals surface area (Å²) in [6.45, 7) is 18.1. The number of rotatable bonds is 5. The number of nitrogens with zero attached hydrogens (tertiary/aromatic N) is 1. The van der Waals surface area contributed by atoms with Crippen LogP contribution in [0.3, 0.4) is 0 Å². The van der Waals surface area contributed by atoms with Crippen LogP contribution in [0, 0.1) is 12.3 Å². The van der Waals surface area contributed by atoms with Gasteiger partial charge < -0.3 is 9.73 Å². The van der Waals surface area contributed by atoms with Gasteiger partial charge in [0, 0.05) is 12.1 Å². The lowest BCUT2D eigenvalue weighted by Gasteiger charge is -2.25. The molecule has 0 spiro atoms. The molecule has 0 aliphatic rings. The zero-order valence-corrected chi connectivity index (χ0v) is 14.6. The standard InChI is InChI=1S/C17H32N2O/c1-13-9-14(11-19(8)12-16(2,3)4)20-15(13)10-18-17(5,6)7/h9,18H,10-12H2,1-8H3. The summed E-state index contributed by atoms with van der Waals surface area (Å²) in [5, 5.41) is 3.48. The van der Waals surface area contributed by atoms with E-state index in [4.69, 9.17) is 4.42 Å². The molecule has 20 heavy (non-hydrogen) atoms. The van der Waals surface area contributed by atoms with Gasteiger partial charge >= 0.3 is 0 Å². The van der Waals surface area contributed by atoms with Gasteiger partial charge in [-0.25, -0.2) is 0 Å². The van der Waals surface area contributed by atoms with Crippen LogP contribution >= 0.6 is 0 Å². The lowest BCUT2D eigenvalue weighted by Crippen LogP contribution is -2.35. The van der Waals surface area contributed by atoms with Crippen LogP contribution in [0.4, 0.5) is 0 Å². The van der Waals surface area contributed by atoms with Crippen molar-refractivity contribution in [3.8, 4) is 0 Å². The fourth-order valence-corrected chi connectivity index (χ4v) is 2.32. The van der Waals surface area contributed by atoms with Crippen molar-refractivity contribution in [1.82, 2.24) is 10.2 Å². The number of furan rings is 1. The van der Waals surface area contributed by atoms with Crippen molar-refractivity contribution in [3.05, 3.63) is 23.2 Å². The highest BCUT2D eigenvalue weighted by Crippen LogP contribution is 2.19. The van der Waals surface area contributed by atoms with Crippen molar-refractivity contribution in [2.75, 3.05) is 13.6 Å². The second-order valence-electron chi connectivity index (χ2n) is 8.16. The second kappa shape index (κ2) is 6.31. The average molecular weight is 280 g/mol. The second-order valence-corrected chi connectivity index (χ2v) is 8.16. The molecule has 0 amide bonds. The largest absolute Gasteiger partial charge is 0.463 e. The van der Waals surface area contributed by atoms with Crippen LogP contribution in [0.1, 0.15) is 58.6 Å². The van der Waals surface area contributed by atoms with Gasteiger partial charge in [0.1, 0.15) is 11.5 Å². The maximum absolute atomic E-state index is 5.99. The number of hydrogen-bond donors (Lipinski definition) is 1. The Morgan fingerprint density at radius 1 is 1.15 bits per heavy atom. The van der Waals surface area contributed by atoms with Crippen molar-refractivity contribution < 1.29 is 4.42 Å². The van der Waals surface area contributed by atoms with E-state index in [2.05, 4.69) is 71.8 Å². The third-order valence-electron chi connectivity index (χ3n) is 3.02. The minimum absolute atomic E-state index is 0.114. The molecule has 1 N–H and O–H groups in total. The summed E-state index contributed by atoms with van der Waals surface area (Å²) in [5.74, 6) is 2.11. The Bertz CT molecular complexity index is 421. The van der Waals surface area contributed by atoms with E-state index in [0.29, 0.717) is 5.41 Å². The van der Waals surface area contributed by atoms with Crippen molar-refractivity contribution >= 4 is 0 Å². The lowest BCUT2D eigenvalue weighted by atomic mass is 9.96. The highest BCUT2D eigenvalue weighted by molar-refractivity contribution is 5.20. The molecular formula is C17H32N2O. The number of nitrogens with one attached hydrogen (secondary N) is 1. The molecule has 0 aliphatic heterocycles. The van der Waals surface area contributed by atoms with Gasteiger partial charge in [0.05, 0.1) is 13.1 Å². The molecule has 0 unspecified atom stereocenters. The molecule has 0 saturated carbocycles. The average Bonchev–Trinajstić information content (AvgIpc) is 2.51. The first-order valence-corrected chi connectivity index (χ1v) is 7.48. The van der Waals surface area contributed by atoms with Gasteiger partial charge in [0.15, 0.2) is 0 Å². The van der Waals surface area contributed by atoms with E-state index in [9.17, 15) is 0 Å². The monoisotopic (exact) mass is 280 g/mol. The fourth-order valence-electron chi connectivity index (χ4n) is 2.32. The number of aryl methyl sites for hydroxylation is 1. The molecule has 0 bridgehead atoms. The van der Waals surface area contributed by atoms with Crippen LogP contribution in [0.5, 0.6) is 0 Å². The van der Waals surface area contributed by atoms with E-state index in [-0.39, 0.29) is 5.54 Å². The summed E-state index contributed by atoms with van der Waals surface area (Å²) in [6.07, 6.45) is 0. The molecule has 1 heterocycles. The molecule has 0 atom stereocenters. The van der Waals surface area contributed by atoms with E-state index >= 15 is 0 Å². The predicted molar refractivity (Wildman–Crippen MR) is 85.8 cm³/mol. The zero-order chi connectivity index (χ0) is 15.6. The Balaban J connectivity index is 2.61. The van der Waals surface area contributed by atoms with Crippen molar-refractivity contribution in [1.29, 1.82) is 0 Å². The Hall–Kier alpha value is -0.800. The number of hydrogen-bond acceptors (Lipinski definition) is 3. The first-order valence-electron chi connectivity index (χ1n) is 7.48. The molecule has 0 aromatic carbocycles. The molecule has 0 saturated heterocycles. The normalized spacial score (nSPS) is 13.2. The maximum atomic E-state index is 5.99. The molecule has 0 radical (unpaired) electrons. The Morgan fingerprint density at radius 2 is 1.75 bits per heavy atom. The quantitative estimate of drug-likeness (QED) is 0.885. The lowest BCUT2D eigenvalue weighted by molar-refractivity contribution is 0.206. The Labute approximate surface area is 124 Å². The van der Waals surface area contributed by atoms with E-state index in [1.165, 1.54) is 5.56 Å². The van der Waals surface area contributed by atoms with Crippen LogP contribution in [-0.2, 0) is 13.1 Å². The molecule has 3 nitrogen and oxygen atoms in total. The summed E-state index contributed by atoms with van der Waals surface area (Å²) >= 11 is 0. The van der Waals surface area contributed by atoms with Crippen LogP contribution < -0.4 is 5.32 Å². The smallest absolute Gasteiger partial charge is 0.120 e. The van der Waals surface area contributed by atoms with Gasteiger partial charge in [-0.2, -0.15) is 0 Å². The molecule has 1 aromatic rings. The van der Waals surface area contributed by atoms with Gasteiger partial charge in [-0.3, -0.25) is 4.90 Å². The van der Waals surface area contributed by atoms with Gasteiger partial charge in [0.2, 0.25) is 0 Å². The Morgan fingerprint density at radius 3 is 2.25 bits per heavy atom. The third kappa shape index (κ3) is 6.58. The highest BCUT2D eigenvalue weighted by Gasteiger charge is 2.16. The van der Waals surface area contributed by atoms with Gasteiger partial charge in [-0.05, 0) is 51.8 Å². The molecule has 0 fully saturated rings. The highest BCUT2D eigenvalue weighted by atomic mass is 16.3. The van der Waals surface area contributed by atoms with E-state index in [1.54, 1.807) is 0 Å². The molecule has 0 aliphatic carbocycles. The van der Waals surface area contributed by atoms with Crippen LogP contribution in [0.2, 0.25) is 0 Å².